The summed E-state index contributed by atoms with van der Waals surface area (Å²) >= 11 is 0. The molecule has 0 radical (unpaired) electrons. The van der Waals surface area contributed by atoms with Crippen molar-refractivity contribution >= 4 is 11.8 Å². The molecule has 0 spiro atoms. The minimum absolute atomic E-state index is 0.0873. The number of nitrogens with zero attached hydrogens (tertiary/aromatic N) is 4. The summed E-state index contributed by atoms with van der Waals surface area (Å²) in [6, 6.07) is 8.70. The van der Waals surface area contributed by atoms with Crippen molar-refractivity contribution in [1.29, 1.82) is 0 Å². The highest BCUT2D eigenvalue weighted by Gasteiger charge is 2.21. The summed E-state index contributed by atoms with van der Waals surface area (Å²) in [5.74, 6) is -0.297. The molecule has 0 atom stereocenters. The zero-order chi connectivity index (χ0) is 19.3. The predicted molar refractivity (Wildman–Crippen MR) is 100 cm³/mol. The molecule has 1 aromatic carbocycles. The Morgan fingerprint density at radius 2 is 1.86 bits per heavy atom. The molecule has 142 valence electrons. The third-order valence-corrected chi connectivity index (χ3v) is 4.61. The molecule has 1 aliphatic heterocycles. The van der Waals surface area contributed by atoms with Gasteiger partial charge in [-0.1, -0.05) is 17.3 Å². The zero-order valence-electron chi connectivity index (χ0n) is 15.2. The summed E-state index contributed by atoms with van der Waals surface area (Å²) in [6.07, 6.45) is 6.62. The summed E-state index contributed by atoms with van der Waals surface area (Å²) in [5.41, 5.74) is 2.90. The molecule has 2 aromatic heterocycles. The Balaban J connectivity index is 1.45. The molecule has 3 heterocycles. The van der Waals surface area contributed by atoms with E-state index in [0.717, 1.165) is 31.5 Å². The van der Waals surface area contributed by atoms with Gasteiger partial charge in [-0.25, -0.2) is 4.98 Å². The number of aromatic nitrogens is 3. The fourth-order valence-corrected chi connectivity index (χ4v) is 3.08. The molecule has 0 saturated carbocycles. The Kier molecular flexibility index (Phi) is 5.09. The van der Waals surface area contributed by atoms with Crippen LogP contribution in [-0.2, 0) is 6.54 Å². The molecule has 3 aromatic rings. The van der Waals surface area contributed by atoms with E-state index < -0.39 is 0 Å². The lowest BCUT2D eigenvalue weighted by molar-refractivity contribution is 0.0786. The van der Waals surface area contributed by atoms with Crippen LogP contribution in [-0.4, -0.2) is 44.9 Å². The second-order valence-electron chi connectivity index (χ2n) is 6.54. The van der Waals surface area contributed by atoms with Crippen molar-refractivity contribution in [3.63, 3.8) is 0 Å². The maximum Gasteiger partial charge on any atom is 0.274 e. The Labute approximate surface area is 161 Å². The first-order chi connectivity index (χ1) is 13.7. The third kappa shape index (κ3) is 3.90. The first-order valence-electron chi connectivity index (χ1n) is 9.10. The van der Waals surface area contributed by atoms with Gasteiger partial charge in [-0.15, -0.1) is 0 Å². The van der Waals surface area contributed by atoms with Gasteiger partial charge in [-0.3, -0.25) is 14.6 Å². The SMILES string of the molecule is O=C(NCc1ccon1)c1ccc(-c2cncc(C(=O)N3CCCC3)n2)cc1. The highest BCUT2D eigenvalue weighted by molar-refractivity contribution is 5.95. The van der Waals surface area contributed by atoms with E-state index >= 15 is 0 Å². The smallest absolute Gasteiger partial charge is 0.274 e. The Morgan fingerprint density at radius 3 is 2.57 bits per heavy atom. The van der Waals surface area contributed by atoms with Crippen LogP contribution < -0.4 is 5.32 Å². The van der Waals surface area contributed by atoms with Crippen LogP contribution in [0.1, 0.15) is 39.4 Å². The van der Waals surface area contributed by atoms with Crippen molar-refractivity contribution in [2.24, 2.45) is 0 Å². The fourth-order valence-electron chi connectivity index (χ4n) is 3.08. The summed E-state index contributed by atoms with van der Waals surface area (Å²) in [5, 5.41) is 6.53. The van der Waals surface area contributed by atoms with Gasteiger partial charge in [0.15, 0.2) is 0 Å². The van der Waals surface area contributed by atoms with E-state index in [1.54, 1.807) is 41.4 Å². The summed E-state index contributed by atoms with van der Waals surface area (Å²) in [7, 11) is 0. The molecule has 8 nitrogen and oxygen atoms in total. The van der Waals surface area contributed by atoms with E-state index in [-0.39, 0.29) is 11.8 Å². The maximum atomic E-state index is 12.5. The summed E-state index contributed by atoms with van der Waals surface area (Å²) in [6.45, 7) is 1.83. The zero-order valence-corrected chi connectivity index (χ0v) is 15.2. The maximum absolute atomic E-state index is 12.5. The van der Waals surface area contributed by atoms with E-state index in [9.17, 15) is 9.59 Å². The molecule has 0 aliphatic carbocycles. The molecule has 0 unspecified atom stereocenters. The fraction of sp³-hybridized carbons (Fsp3) is 0.250. The van der Waals surface area contributed by atoms with Gasteiger partial charge in [0.2, 0.25) is 0 Å². The molecule has 0 bridgehead atoms. The van der Waals surface area contributed by atoms with Gasteiger partial charge in [0.05, 0.1) is 24.6 Å². The molecule has 2 amide bonds. The van der Waals surface area contributed by atoms with Gasteiger partial charge >= 0.3 is 0 Å². The van der Waals surface area contributed by atoms with Gasteiger partial charge in [0.25, 0.3) is 11.8 Å². The van der Waals surface area contributed by atoms with Crippen LogP contribution in [0.5, 0.6) is 0 Å². The lowest BCUT2D eigenvalue weighted by Gasteiger charge is -2.14. The van der Waals surface area contributed by atoms with E-state index in [1.807, 2.05) is 0 Å². The number of rotatable bonds is 5. The van der Waals surface area contributed by atoms with E-state index in [0.29, 0.717) is 29.2 Å². The van der Waals surface area contributed by atoms with Crippen LogP contribution >= 0.6 is 0 Å². The number of hydrogen-bond acceptors (Lipinski definition) is 6. The van der Waals surface area contributed by atoms with Crippen molar-refractivity contribution in [3.05, 3.63) is 65.9 Å². The largest absolute Gasteiger partial charge is 0.364 e. The Bertz CT molecular complexity index is 964. The Morgan fingerprint density at radius 1 is 1.07 bits per heavy atom. The van der Waals surface area contributed by atoms with Gasteiger partial charge in [-0.05, 0) is 25.0 Å². The first-order valence-corrected chi connectivity index (χ1v) is 9.10. The average Bonchev–Trinajstić information content (AvgIpc) is 3.46. The standard InChI is InChI=1S/C20H19N5O3/c26-19(22-11-16-7-10-28-24-16)15-5-3-14(4-6-15)17-12-21-13-18(23-17)20(27)25-8-1-2-9-25/h3-7,10,12-13H,1-2,8-9,11H2,(H,22,26). The van der Waals surface area contributed by atoms with Crippen molar-refractivity contribution in [2.75, 3.05) is 13.1 Å². The van der Waals surface area contributed by atoms with Crippen molar-refractivity contribution < 1.29 is 14.1 Å². The number of benzene rings is 1. The lowest BCUT2D eigenvalue weighted by Crippen LogP contribution is -2.28. The van der Waals surface area contributed by atoms with E-state index in [1.165, 1.54) is 12.5 Å². The highest BCUT2D eigenvalue weighted by Crippen LogP contribution is 2.18. The van der Waals surface area contributed by atoms with Gasteiger partial charge in [-0.2, -0.15) is 0 Å². The predicted octanol–water partition coefficient (Wildman–Crippen LogP) is 2.30. The normalized spacial score (nSPS) is 13.5. The molecule has 1 N–H and O–H groups in total. The number of hydrogen-bond donors (Lipinski definition) is 1. The van der Waals surface area contributed by atoms with Crippen molar-refractivity contribution in [3.8, 4) is 11.3 Å². The first kappa shape index (κ1) is 17.8. The number of likely N-dealkylation sites (tertiary alicyclic amines) is 1. The topological polar surface area (TPSA) is 101 Å². The molecule has 8 heteroatoms. The molecule has 28 heavy (non-hydrogen) atoms. The molecule has 1 fully saturated rings. The van der Waals surface area contributed by atoms with Crippen molar-refractivity contribution in [1.82, 2.24) is 25.3 Å². The summed E-state index contributed by atoms with van der Waals surface area (Å²) < 4.78 is 4.73. The van der Waals surface area contributed by atoms with Crippen LogP contribution in [0.15, 0.2) is 53.5 Å². The van der Waals surface area contributed by atoms with Crippen LogP contribution in [0.25, 0.3) is 11.3 Å². The molecule has 4 rings (SSSR count). The number of nitrogens with one attached hydrogen (secondary N) is 1. The van der Waals surface area contributed by atoms with Gasteiger partial charge < -0.3 is 14.7 Å². The van der Waals surface area contributed by atoms with E-state index in [2.05, 4.69) is 20.4 Å². The minimum Gasteiger partial charge on any atom is -0.364 e. The number of carbonyl (C=O) groups is 2. The van der Waals surface area contributed by atoms with E-state index in [4.69, 9.17) is 4.52 Å². The lowest BCUT2D eigenvalue weighted by atomic mass is 10.1. The Hall–Kier alpha value is -3.55. The molecular formula is C20H19N5O3. The average molecular weight is 377 g/mol. The van der Waals surface area contributed by atoms with Crippen LogP contribution in [0.3, 0.4) is 0 Å². The molecular weight excluding hydrogens is 358 g/mol. The van der Waals surface area contributed by atoms with Crippen LogP contribution in [0.4, 0.5) is 0 Å². The van der Waals surface area contributed by atoms with Crippen molar-refractivity contribution in [2.45, 2.75) is 19.4 Å². The second kappa shape index (κ2) is 7.99. The molecule has 1 saturated heterocycles. The third-order valence-electron chi connectivity index (χ3n) is 4.61. The number of amides is 2. The second-order valence-corrected chi connectivity index (χ2v) is 6.54. The van der Waals surface area contributed by atoms with Gasteiger partial charge in [0.1, 0.15) is 17.7 Å². The van der Waals surface area contributed by atoms with Crippen LogP contribution in [0, 0.1) is 0 Å². The molecule has 1 aliphatic rings. The monoisotopic (exact) mass is 377 g/mol. The quantitative estimate of drug-likeness (QED) is 0.732. The summed E-state index contributed by atoms with van der Waals surface area (Å²) in [4.78, 5) is 35.2. The number of carbonyl (C=O) groups excluding carboxylic acids is 2. The van der Waals surface area contributed by atoms with Crippen LogP contribution in [0.2, 0.25) is 0 Å². The van der Waals surface area contributed by atoms with Gasteiger partial charge in [0, 0.05) is 30.3 Å². The minimum atomic E-state index is -0.210. The highest BCUT2D eigenvalue weighted by atomic mass is 16.5.